The van der Waals surface area contributed by atoms with E-state index in [0.717, 1.165) is 17.5 Å². The molecule has 0 fully saturated rings. The monoisotopic (exact) mass is 457 g/mol. The fraction of sp³-hybridized carbons (Fsp3) is 0.458. The number of carbonyl (C=O) groups is 3. The summed E-state index contributed by atoms with van der Waals surface area (Å²) in [6.07, 6.45) is 0.807. The second-order valence-corrected chi connectivity index (χ2v) is 9.19. The van der Waals surface area contributed by atoms with Crippen LogP contribution in [0, 0.1) is 5.92 Å². The molecule has 1 aromatic carbocycles. The molecule has 8 heteroatoms. The van der Waals surface area contributed by atoms with Crippen molar-refractivity contribution in [3.05, 3.63) is 57.8 Å². The number of benzene rings is 1. The van der Waals surface area contributed by atoms with Gasteiger partial charge in [0.2, 0.25) is 5.91 Å². The minimum Gasteiger partial charge on any atom is -0.465 e. The summed E-state index contributed by atoms with van der Waals surface area (Å²) in [5.41, 5.74) is 2.21. The Hall–Kier alpha value is -2.87. The van der Waals surface area contributed by atoms with Gasteiger partial charge in [0.15, 0.2) is 0 Å². The van der Waals surface area contributed by atoms with E-state index in [-0.39, 0.29) is 37.6 Å². The topological polar surface area (TPSA) is 79.0 Å². The number of esters is 1. The van der Waals surface area contributed by atoms with Crippen molar-refractivity contribution in [2.24, 2.45) is 5.92 Å². The molecule has 1 aliphatic heterocycles. The van der Waals surface area contributed by atoms with Crippen molar-refractivity contribution in [1.29, 1.82) is 0 Å². The van der Waals surface area contributed by atoms with E-state index in [1.807, 2.05) is 49.1 Å². The normalized spacial score (nSPS) is 15.2. The molecule has 0 saturated carbocycles. The summed E-state index contributed by atoms with van der Waals surface area (Å²) in [4.78, 5) is 42.5. The molecule has 0 aliphatic carbocycles. The first-order valence-corrected chi connectivity index (χ1v) is 11.9. The second-order valence-electron chi connectivity index (χ2n) is 8.19. The number of fused-ring (bicyclic) bond motifs is 1. The average Bonchev–Trinajstić information content (AvgIpc) is 3.25. The Labute approximate surface area is 193 Å². The number of nitrogens with one attached hydrogen (secondary N) is 1. The molecule has 32 heavy (non-hydrogen) atoms. The van der Waals surface area contributed by atoms with E-state index in [0.29, 0.717) is 13.1 Å². The molecule has 1 unspecified atom stereocenters. The maximum absolute atomic E-state index is 13.5. The molecule has 3 amide bonds. The van der Waals surface area contributed by atoms with E-state index in [1.165, 1.54) is 9.78 Å². The summed E-state index contributed by atoms with van der Waals surface area (Å²) in [5, 5.41) is 4.65. The Morgan fingerprint density at radius 3 is 2.66 bits per heavy atom. The summed E-state index contributed by atoms with van der Waals surface area (Å²) in [7, 11) is 0. The van der Waals surface area contributed by atoms with Crippen molar-refractivity contribution in [3.8, 4) is 0 Å². The van der Waals surface area contributed by atoms with E-state index in [2.05, 4.69) is 16.8 Å². The number of amides is 3. The Bertz CT molecular complexity index is 928. The molecule has 1 aromatic heterocycles. The van der Waals surface area contributed by atoms with Crippen molar-refractivity contribution >= 4 is 29.2 Å². The lowest BCUT2D eigenvalue weighted by Crippen LogP contribution is -2.50. The van der Waals surface area contributed by atoms with Crippen LogP contribution >= 0.6 is 11.3 Å². The summed E-state index contributed by atoms with van der Waals surface area (Å²) in [6, 6.07) is 11.5. The number of rotatable bonds is 8. The van der Waals surface area contributed by atoms with Gasteiger partial charge in [-0.3, -0.25) is 9.59 Å². The zero-order chi connectivity index (χ0) is 23.1. The molecule has 0 bridgehead atoms. The predicted octanol–water partition coefficient (Wildman–Crippen LogP) is 3.45. The molecule has 172 valence electrons. The van der Waals surface area contributed by atoms with Gasteiger partial charge in [0.05, 0.1) is 12.6 Å². The molecule has 2 heterocycles. The van der Waals surface area contributed by atoms with Crippen molar-refractivity contribution in [1.82, 2.24) is 15.1 Å². The molecule has 1 N–H and O–H groups in total. The summed E-state index contributed by atoms with van der Waals surface area (Å²) >= 11 is 1.72. The average molecular weight is 458 g/mol. The molecule has 1 atom stereocenters. The lowest BCUT2D eigenvalue weighted by atomic mass is 9.93. The molecule has 0 spiro atoms. The van der Waals surface area contributed by atoms with Gasteiger partial charge in [0, 0.05) is 18.0 Å². The third-order valence-electron chi connectivity index (χ3n) is 5.29. The van der Waals surface area contributed by atoms with E-state index in [4.69, 9.17) is 4.74 Å². The summed E-state index contributed by atoms with van der Waals surface area (Å²) in [5.74, 6) is -0.435. The first-order chi connectivity index (χ1) is 15.4. The third-order valence-corrected chi connectivity index (χ3v) is 6.29. The SMILES string of the molecule is CCOC(=O)CNC(=O)N(CC(=O)N1CCc2sccc2C1c1ccccc1)CC(C)C. The first kappa shape index (κ1) is 23.8. The Morgan fingerprint density at radius 2 is 1.97 bits per heavy atom. The number of hydrogen-bond acceptors (Lipinski definition) is 5. The summed E-state index contributed by atoms with van der Waals surface area (Å²) in [6.45, 7) is 6.69. The van der Waals surface area contributed by atoms with E-state index >= 15 is 0 Å². The third kappa shape index (κ3) is 5.88. The van der Waals surface area contributed by atoms with Crippen LogP contribution in [0.4, 0.5) is 4.79 Å². The Balaban J connectivity index is 1.77. The highest BCUT2D eigenvalue weighted by atomic mass is 32.1. The standard InChI is InChI=1S/C24H31N3O4S/c1-4-31-22(29)14-25-24(30)26(15-17(2)3)16-21(28)27-12-10-20-19(11-13-32-20)23(27)18-8-6-5-7-9-18/h5-9,11,13,17,23H,4,10,12,14-16H2,1-3H3,(H,25,30). The van der Waals surface area contributed by atoms with Gasteiger partial charge in [-0.2, -0.15) is 0 Å². The van der Waals surface area contributed by atoms with E-state index in [1.54, 1.807) is 18.3 Å². The van der Waals surface area contributed by atoms with Gasteiger partial charge in [-0.05, 0) is 41.8 Å². The van der Waals surface area contributed by atoms with Crippen LogP contribution in [0.2, 0.25) is 0 Å². The van der Waals surface area contributed by atoms with Crippen LogP contribution < -0.4 is 5.32 Å². The quantitative estimate of drug-likeness (QED) is 0.616. The fourth-order valence-corrected chi connectivity index (χ4v) is 4.87. The number of hydrogen-bond donors (Lipinski definition) is 1. The molecule has 3 rings (SSSR count). The lowest BCUT2D eigenvalue weighted by Gasteiger charge is -2.37. The van der Waals surface area contributed by atoms with Gasteiger partial charge < -0.3 is 19.9 Å². The van der Waals surface area contributed by atoms with Crippen LogP contribution in [0.5, 0.6) is 0 Å². The number of ether oxygens (including phenoxy) is 1. The van der Waals surface area contributed by atoms with E-state index in [9.17, 15) is 14.4 Å². The van der Waals surface area contributed by atoms with Gasteiger partial charge in [-0.25, -0.2) is 4.79 Å². The zero-order valence-corrected chi connectivity index (χ0v) is 19.7. The minimum atomic E-state index is -0.498. The number of urea groups is 1. The van der Waals surface area contributed by atoms with Gasteiger partial charge in [0.25, 0.3) is 0 Å². The molecular weight excluding hydrogens is 426 g/mol. The highest BCUT2D eigenvalue weighted by Gasteiger charge is 2.34. The van der Waals surface area contributed by atoms with Crippen molar-refractivity contribution < 1.29 is 19.1 Å². The maximum Gasteiger partial charge on any atom is 0.325 e. The van der Waals surface area contributed by atoms with Crippen LogP contribution in [0.1, 0.15) is 42.8 Å². The molecule has 1 aliphatic rings. The van der Waals surface area contributed by atoms with Crippen LogP contribution in [0.15, 0.2) is 41.8 Å². The number of nitrogens with zero attached hydrogens (tertiary/aromatic N) is 2. The Morgan fingerprint density at radius 1 is 1.22 bits per heavy atom. The van der Waals surface area contributed by atoms with Crippen molar-refractivity contribution in [3.63, 3.8) is 0 Å². The van der Waals surface area contributed by atoms with Gasteiger partial charge in [-0.1, -0.05) is 44.2 Å². The largest absolute Gasteiger partial charge is 0.465 e. The van der Waals surface area contributed by atoms with Crippen LogP contribution in [0.3, 0.4) is 0 Å². The van der Waals surface area contributed by atoms with Crippen molar-refractivity contribution in [2.45, 2.75) is 33.2 Å². The lowest BCUT2D eigenvalue weighted by molar-refractivity contribution is -0.141. The molecule has 0 saturated heterocycles. The van der Waals surface area contributed by atoms with Crippen LogP contribution in [-0.2, 0) is 20.7 Å². The highest BCUT2D eigenvalue weighted by molar-refractivity contribution is 7.10. The zero-order valence-electron chi connectivity index (χ0n) is 18.9. The highest BCUT2D eigenvalue weighted by Crippen LogP contribution is 2.37. The predicted molar refractivity (Wildman–Crippen MR) is 124 cm³/mol. The molecule has 2 aromatic rings. The molecule has 0 radical (unpaired) electrons. The van der Waals surface area contributed by atoms with E-state index < -0.39 is 12.0 Å². The summed E-state index contributed by atoms with van der Waals surface area (Å²) < 4.78 is 4.87. The first-order valence-electron chi connectivity index (χ1n) is 11.0. The Kier molecular flexibility index (Phi) is 8.27. The van der Waals surface area contributed by atoms with Gasteiger partial charge in [0.1, 0.15) is 13.1 Å². The van der Waals surface area contributed by atoms with Gasteiger partial charge in [-0.15, -0.1) is 11.3 Å². The smallest absolute Gasteiger partial charge is 0.325 e. The second kappa shape index (κ2) is 11.1. The number of carbonyl (C=O) groups excluding carboxylic acids is 3. The minimum absolute atomic E-state index is 0.0460. The fourth-order valence-electron chi connectivity index (χ4n) is 3.97. The maximum atomic E-state index is 13.5. The van der Waals surface area contributed by atoms with Gasteiger partial charge >= 0.3 is 12.0 Å². The molecule has 7 nitrogen and oxygen atoms in total. The van der Waals surface area contributed by atoms with Crippen LogP contribution in [0.25, 0.3) is 0 Å². The number of thiophene rings is 1. The molecular formula is C24H31N3O4S. The van der Waals surface area contributed by atoms with Crippen LogP contribution in [-0.4, -0.2) is 60.5 Å². The van der Waals surface area contributed by atoms with Crippen molar-refractivity contribution in [2.75, 3.05) is 32.8 Å².